The number of hydrogen-bond donors (Lipinski definition) is 2. The molecule has 0 saturated heterocycles. The average molecular weight is 419 g/mol. The average Bonchev–Trinajstić information content (AvgIpc) is 2.50. The Kier molecular flexibility index (Phi) is 17.5. The largest absolute Gasteiger partial charge is 0.393 e. The van der Waals surface area contributed by atoms with Gasteiger partial charge in [-0.15, -0.1) is 0 Å². The van der Waals surface area contributed by atoms with E-state index in [1.807, 2.05) is 0 Å². The van der Waals surface area contributed by atoms with E-state index in [2.05, 4.69) is 52.0 Å². The molecule has 1 radical (unpaired) electrons. The van der Waals surface area contributed by atoms with E-state index in [1.54, 1.807) is 24.5 Å². The molecule has 0 aliphatic heterocycles. The Bertz CT molecular complexity index is 369. The van der Waals surface area contributed by atoms with E-state index in [0.717, 1.165) is 0 Å². The first-order chi connectivity index (χ1) is 10.9. The molecule has 0 saturated carbocycles. The minimum absolute atomic E-state index is 0. The summed E-state index contributed by atoms with van der Waals surface area (Å²) in [5.41, 5.74) is 0. The maximum Gasteiger partial charge on any atom is 0.133 e. The standard InChI is InChI=1S/C14H24P2.C5H12O2.Co/c1-5-15(6-2)13-11-9-10-12-14(13)16(7-3)8-4;1-4(6)3-5(2)7;/h9-12H,5-8H2,1-4H3;4-7H,3H2,1-2H3;/p+2. The van der Waals surface area contributed by atoms with Gasteiger partial charge in [0.2, 0.25) is 0 Å². The zero-order chi connectivity index (χ0) is 17.8. The topological polar surface area (TPSA) is 40.5 Å². The second-order valence-electron chi connectivity index (χ2n) is 6.10. The fraction of sp³-hybridized carbons (Fsp3) is 0.684. The Balaban J connectivity index is 0. The van der Waals surface area contributed by atoms with Gasteiger partial charge in [-0.25, -0.2) is 0 Å². The van der Waals surface area contributed by atoms with Crippen LogP contribution in [0, 0.1) is 0 Å². The number of aliphatic hydroxyl groups is 2. The van der Waals surface area contributed by atoms with Gasteiger partial charge in [0.05, 0.1) is 36.9 Å². The van der Waals surface area contributed by atoms with Gasteiger partial charge < -0.3 is 10.2 Å². The molecule has 0 aromatic heterocycles. The minimum atomic E-state index is -0.375. The predicted octanol–water partition coefficient (Wildman–Crippen LogP) is 3.58. The summed E-state index contributed by atoms with van der Waals surface area (Å²) in [7, 11) is -0.539. The molecule has 0 aliphatic carbocycles. The van der Waals surface area contributed by atoms with Crippen LogP contribution in [0.4, 0.5) is 0 Å². The molecule has 1 aromatic carbocycles. The van der Waals surface area contributed by atoms with Crippen LogP contribution in [0.25, 0.3) is 0 Å². The van der Waals surface area contributed by atoms with Crippen molar-refractivity contribution in [1.82, 2.24) is 0 Å². The van der Waals surface area contributed by atoms with Gasteiger partial charge in [-0.3, -0.25) is 0 Å². The molecule has 5 heteroatoms. The van der Waals surface area contributed by atoms with Crippen LogP contribution < -0.4 is 10.6 Å². The van der Waals surface area contributed by atoms with Crippen LogP contribution in [-0.4, -0.2) is 47.1 Å². The van der Waals surface area contributed by atoms with E-state index >= 15 is 0 Å². The third-order valence-corrected chi connectivity index (χ3v) is 10.1. The summed E-state index contributed by atoms with van der Waals surface area (Å²) in [4.78, 5) is 0. The first-order valence-electron chi connectivity index (χ1n) is 9.06. The smallest absolute Gasteiger partial charge is 0.133 e. The van der Waals surface area contributed by atoms with Gasteiger partial charge in [-0.05, 0) is 60.1 Å². The third-order valence-electron chi connectivity index (χ3n) is 4.08. The second-order valence-corrected chi connectivity index (χ2v) is 12.4. The molecule has 24 heavy (non-hydrogen) atoms. The predicted molar refractivity (Wildman–Crippen MR) is 112 cm³/mol. The molecule has 0 aliphatic rings. The Hall–Kier alpha value is 0.506. The number of benzene rings is 1. The minimum Gasteiger partial charge on any atom is -0.393 e. The second kappa shape index (κ2) is 15.7. The number of hydrogen-bond acceptors (Lipinski definition) is 2. The molecular weight excluding hydrogens is 381 g/mol. The summed E-state index contributed by atoms with van der Waals surface area (Å²) in [6, 6.07) is 9.29. The molecule has 2 nitrogen and oxygen atoms in total. The number of rotatable bonds is 8. The molecule has 1 aromatic rings. The van der Waals surface area contributed by atoms with Crippen molar-refractivity contribution in [1.29, 1.82) is 0 Å². The fourth-order valence-electron chi connectivity index (χ4n) is 2.86. The Morgan fingerprint density at radius 2 is 1.04 bits per heavy atom. The van der Waals surface area contributed by atoms with E-state index in [1.165, 1.54) is 24.6 Å². The molecule has 0 fully saturated rings. The molecule has 1 rings (SSSR count). The molecular formula is C19H38CoO2P2+2. The summed E-state index contributed by atoms with van der Waals surface area (Å²) in [5.74, 6) is 0. The molecule has 143 valence electrons. The Morgan fingerprint density at radius 3 is 1.21 bits per heavy atom. The first kappa shape index (κ1) is 26.7. The zero-order valence-corrected chi connectivity index (χ0v) is 19.3. The molecule has 0 spiro atoms. The molecule has 0 amide bonds. The van der Waals surface area contributed by atoms with Crippen LogP contribution in [0.5, 0.6) is 0 Å². The van der Waals surface area contributed by atoms with Crippen molar-refractivity contribution in [2.45, 2.75) is 60.2 Å². The summed E-state index contributed by atoms with van der Waals surface area (Å²) in [6.07, 6.45) is 5.23. The van der Waals surface area contributed by atoms with E-state index in [9.17, 15) is 0 Å². The van der Waals surface area contributed by atoms with Crippen molar-refractivity contribution in [3.8, 4) is 0 Å². The molecule has 2 atom stereocenters. The van der Waals surface area contributed by atoms with Crippen LogP contribution in [-0.2, 0) is 16.8 Å². The van der Waals surface area contributed by atoms with Gasteiger partial charge in [0, 0.05) is 32.6 Å². The van der Waals surface area contributed by atoms with Gasteiger partial charge in [0.1, 0.15) is 10.6 Å². The van der Waals surface area contributed by atoms with Gasteiger partial charge in [0.15, 0.2) is 0 Å². The molecule has 0 heterocycles. The van der Waals surface area contributed by atoms with Gasteiger partial charge >= 0.3 is 0 Å². The Labute approximate surface area is 162 Å². The summed E-state index contributed by atoms with van der Waals surface area (Å²) < 4.78 is 0. The van der Waals surface area contributed by atoms with Crippen molar-refractivity contribution < 1.29 is 27.0 Å². The first-order valence-corrected chi connectivity index (χ1v) is 12.9. The quantitative estimate of drug-likeness (QED) is 0.633. The summed E-state index contributed by atoms with van der Waals surface area (Å²) >= 11 is 0. The third kappa shape index (κ3) is 10.5. The van der Waals surface area contributed by atoms with Crippen molar-refractivity contribution in [3.63, 3.8) is 0 Å². The van der Waals surface area contributed by atoms with E-state index in [4.69, 9.17) is 10.2 Å². The summed E-state index contributed by atoms with van der Waals surface area (Å²) in [5, 5.41) is 20.6. The summed E-state index contributed by atoms with van der Waals surface area (Å²) in [6.45, 7) is 12.8. The SMILES string of the molecule is CC(O)CC(C)O.CC[PH+](CC)c1ccccc1[PH+](CC)CC.[Co]. The van der Waals surface area contributed by atoms with Crippen LogP contribution in [0.3, 0.4) is 0 Å². The molecule has 2 unspecified atom stereocenters. The van der Waals surface area contributed by atoms with E-state index in [-0.39, 0.29) is 44.8 Å². The van der Waals surface area contributed by atoms with Gasteiger partial charge in [-0.2, -0.15) is 0 Å². The van der Waals surface area contributed by atoms with E-state index < -0.39 is 0 Å². The fourth-order valence-corrected chi connectivity index (χ4v) is 8.03. The van der Waals surface area contributed by atoms with Crippen molar-refractivity contribution in [2.24, 2.45) is 0 Å². The van der Waals surface area contributed by atoms with Crippen molar-refractivity contribution >= 4 is 26.5 Å². The molecule has 0 bridgehead atoms. The monoisotopic (exact) mass is 419 g/mol. The van der Waals surface area contributed by atoms with Crippen LogP contribution >= 0.6 is 15.8 Å². The van der Waals surface area contributed by atoms with Crippen molar-refractivity contribution in [2.75, 3.05) is 24.6 Å². The normalized spacial score (nSPS) is 13.1. The maximum absolute atomic E-state index is 8.56. The van der Waals surface area contributed by atoms with Gasteiger partial charge in [0.25, 0.3) is 0 Å². The maximum atomic E-state index is 8.56. The number of aliphatic hydroxyl groups excluding tert-OH is 2. The van der Waals surface area contributed by atoms with E-state index in [0.29, 0.717) is 6.42 Å². The molecule has 2 N–H and O–H groups in total. The zero-order valence-electron chi connectivity index (χ0n) is 16.2. The Morgan fingerprint density at radius 1 is 0.750 bits per heavy atom. The van der Waals surface area contributed by atoms with Crippen LogP contribution in [0.1, 0.15) is 48.0 Å². The van der Waals surface area contributed by atoms with Gasteiger partial charge in [-0.1, -0.05) is 12.1 Å². The van der Waals surface area contributed by atoms with Crippen LogP contribution in [0.2, 0.25) is 0 Å². The van der Waals surface area contributed by atoms with Crippen LogP contribution in [0.15, 0.2) is 24.3 Å². The van der Waals surface area contributed by atoms with Crippen molar-refractivity contribution in [3.05, 3.63) is 24.3 Å².